The summed E-state index contributed by atoms with van der Waals surface area (Å²) in [6.07, 6.45) is 0.964. The van der Waals surface area contributed by atoms with Crippen LogP contribution >= 0.6 is 11.3 Å². The summed E-state index contributed by atoms with van der Waals surface area (Å²) in [6, 6.07) is 6.03. The molecule has 6 heteroatoms. The Bertz CT molecular complexity index is 759. The second kappa shape index (κ2) is 4.64. The monoisotopic (exact) mass is 287 g/mol. The Morgan fingerprint density at radius 1 is 1.30 bits per heavy atom. The lowest BCUT2D eigenvalue weighted by Crippen LogP contribution is -1.99. The molecule has 4 rings (SSSR count). The minimum absolute atomic E-state index is 0.266. The zero-order valence-corrected chi connectivity index (χ0v) is 11.8. The van der Waals surface area contributed by atoms with Crippen LogP contribution in [0.3, 0.4) is 0 Å². The van der Waals surface area contributed by atoms with E-state index in [4.69, 9.17) is 9.26 Å². The lowest BCUT2D eigenvalue weighted by atomic mass is 10.1. The zero-order valence-electron chi connectivity index (χ0n) is 11.0. The molecule has 0 aliphatic carbocycles. The molecule has 0 N–H and O–H groups in total. The third kappa shape index (κ3) is 2.01. The van der Waals surface area contributed by atoms with E-state index < -0.39 is 0 Å². The lowest BCUT2D eigenvalue weighted by molar-refractivity contribution is 0.192. The Balaban J connectivity index is 1.71. The molecule has 0 radical (unpaired) electrons. The molecule has 1 aliphatic heterocycles. The van der Waals surface area contributed by atoms with Crippen molar-refractivity contribution in [3.8, 4) is 11.5 Å². The number of rotatable bonds is 2. The van der Waals surface area contributed by atoms with E-state index in [2.05, 4.69) is 21.2 Å². The zero-order chi connectivity index (χ0) is 13.5. The molecule has 0 spiro atoms. The largest absolute Gasteiger partial charge is 0.381 e. The fourth-order valence-electron chi connectivity index (χ4n) is 2.43. The molecule has 1 fully saturated rings. The van der Waals surface area contributed by atoms with Gasteiger partial charge >= 0.3 is 0 Å². The fraction of sp³-hybridized carbons (Fsp3) is 0.357. The first-order chi connectivity index (χ1) is 9.79. The van der Waals surface area contributed by atoms with Crippen LogP contribution in [0.25, 0.3) is 21.7 Å². The average Bonchev–Trinajstić information content (AvgIpc) is 3.17. The molecule has 1 unspecified atom stereocenters. The maximum absolute atomic E-state index is 5.39. The van der Waals surface area contributed by atoms with Gasteiger partial charge in [-0.2, -0.15) is 4.98 Å². The van der Waals surface area contributed by atoms with Gasteiger partial charge in [0, 0.05) is 18.1 Å². The number of hydrogen-bond donors (Lipinski definition) is 0. The van der Waals surface area contributed by atoms with Crippen LogP contribution in [0.2, 0.25) is 0 Å². The average molecular weight is 287 g/mol. The number of aromatic nitrogens is 3. The predicted octanol–water partition coefficient (Wildman–Crippen LogP) is 3.16. The van der Waals surface area contributed by atoms with E-state index in [1.165, 1.54) is 0 Å². The van der Waals surface area contributed by atoms with Gasteiger partial charge < -0.3 is 9.26 Å². The normalized spacial score (nSPS) is 18.9. The predicted molar refractivity (Wildman–Crippen MR) is 75.8 cm³/mol. The molecule has 2 aromatic heterocycles. The summed E-state index contributed by atoms with van der Waals surface area (Å²) < 4.78 is 11.9. The first kappa shape index (κ1) is 12.0. The summed E-state index contributed by atoms with van der Waals surface area (Å²) in [7, 11) is 0. The summed E-state index contributed by atoms with van der Waals surface area (Å²) in [5.74, 6) is 1.58. The van der Waals surface area contributed by atoms with Crippen molar-refractivity contribution in [2.75, 3.05) is 13.2 Å². The number of aryl methyl sites for hydroxylation is 1. The number of ether oxygens (including phenoxy) is 1. The summed E-state index contributed by atoms with van der Waals surface area (Å²) in [6.45, 7) is 3.47. The molecule has 0 saturated carbocycles. The third-order valence-corrected chi connectivity index (χ3v) is 4.41. The fourth-order valence-corrected chi connectivity index (χ4v) is 3.30. The Labute approximate surface area is 119 Å². The van der Waals surface area contributed by atoms with Gasteiger partial charge in [-0.05, 0) is 31.5 Å². The molecule has 1 saturated heterocycles. The molecule has 1 aliphatic rings. The minimum Gasteiger partial charge on any atom is -0.381 e. The van der Waals surface area contributed by atoms with Crippen LogP contribution in [-0.2, 0) is 4.74 Å². The molecule has 102 valence electrons. The van der Waals surface area contributed by atoms with Gasteiger partial charge in [-0.15, -0.1) is 11.3 Å². The van der Waals surface area contributed by atoms with E-state index in [9.17, 15) is 0 Å². The van der Waals surface area contributed by atoms with Crippen LogP contribution in [0, 0.1) is 6.92 Å². The first-order valence-corrected chi connectivity index (χ1v) is 7.40. The second-order valence-corrected chi connectivity index (χ2v) is 6.17. The van der Waals surface area contributed by atoms with Gasteiger partial charge in [-0.1, -0.05) is 5.16 Å². The number of hydrogen-bond acceptors (Lipinski definition) is 6. The lowest BCUT2D eigenvalue weighted by Gasteiger charge is -1.97. The van der Waals surface area contributed by atoms with Gasteiger partial charge in [0.1, 0.15) is 0 Å². The number of benzene rings is 1. The van der Waals surface area contributed by atoms with E-state index in [-0.39, 0.29) is 5.92 Å². The van der Waals surface area contributed by atoms with E-state index in [1.54, 1.807) is 11.3 Å². The van der Waals surface area contributed by atoms with Crippen molar-refractivity contribution in [2.24, 2.45) is 0 Å². The maximum Gasteiger partial charge on any atom is 0.257 e. The molecule has 1 atom stereocenters. The van der Waals surface area contributed by atoms with Crippen molar-refractivity contribution in [2.45, 2.75) is 19.3 Å². The summed E-state index contributed by atoms with van der Waals surface area (Å²) >= 11 is 1.67. The van der Waals surface area contributed by atoms with Crippen molar-refractivity contribution < 1.29 is 9.26 Å². The summed E-state index contributed by atoms with van der Waals surface area (Å²) in [5.41, 5.74) is 1.96. The SMILES string of the molecule is Cc1nc2ccc(-c3nc(C4CCOC4)no3)cc2s1. The smallest absolute Gasteiger partial charge is 0.257 e. The van der Waals surface area contributed by atoms with Crippen LogP contribution in [0.5, 0.6) is 0 Å². The van der Waals surface area contributed by atoms with Crippen molar-refractivity contribution in [3.63, 3.8) is 0 Å². The number of fused-ring (bicyclic) bond motifs is 1. The van der Waals surface area contributed by atoms with Crippen LogP contribution in [0.15, 0.2) is 22.7 Å². The quantitative estimate of drug-likeness (QED) is 0.724. The molecule has 0 bridgehead atoms. The van der Waals surface area contributed by atoms with Gasteiger partial charge in [0.05, 0.1) is 21.8 Å². The van der Waals surface area contributed by atoms with Crippen molar-refractivity contribution in [1.29, 1.82) is 0 Å². The van der Waals surface area contributed by atoms with Crippen LogP contribution in [0.4, 0.5) is 0 Å². The first-order valence-electron chi connectivity index (χ1n) is 6.58. The highest BCUT2D eigenvalue weighted by atomic mass is 32.1. The minimum atomic E-state index is 0.266. The topological polar surface area (TPSA) is 61.0 Å². The van der Waals surface area contributed by atoms with Crippen molar-refractivity contribution >= 4 is 21.6 Å². The Hall–Kier alpha value is -1.79. The van der Waals surface area contributed by atoms with Crippen LogP contribution in [-0.4, -0.2) is 28.3 Å². The van der Waals surface area contributed by atoms with E-state index in [0.29, 0.717) is 12.5 Å². The van der Waals surface area contributed by atoms with E-state index in [0.717, 1.165) is 39.6 Å². The molecular formula is C14H13N3O2S. The molecule has 20 heavy (non-hydrogen) atoms. The second-order valence-electron chi connectivity index (χ2n) is 4.93. The van der Waals surface area contributed by atoms with Gasteiger partial charge in [-0.3, -0.25) is 0 Å². The molecule has 1 aromatic carbocycles. The highest BCUT2D eigenvalue weighted by molar-refractivity contribution is 7.18. The molecular weight excluding hydrogens is 274 g/mol. The standard InChI is InChI=1S/C14H13N3O2S/c1-8-15-11-3-2-9(6-12(11)20-8)14-16-13(17-19-14)10-4-5-18-7-10/h2-3,6,10H,4-5,7H2,1H3. The third-order valence-electron chi connectivity index (χ3n) is 3.48. The van der Waals surface area contributed by atoms with Gasteiger partial charge in [-0.25, -0.2) is 4.98 Å². The van der Waals surface area contributed by atoms with Crippen LogP contribution < -0.4 is 0 Å². The van der Waals surface area contributed by atoms with Crippen molar-refractivity contribution in [3.05, 3.63) is 29.0 Å². The van der Waals surface area contributed by atoms with E-state index >= 15 is 0 Å². The Morgan fingerprint density at radius 2 is 2.25 bits per heavy atom. The Morgan fingerprint density at radius 3 is 3.10 bits per heavy atom. The molecule has 3 aromatic rings. The number of nitrogens with zero attached hydrogens (tertiary/aromatic N) is 3. The molecule has 3 heterocycles. The van der Waals surface area contributed by atoms with Gasteiger partial charge in [0.2, 0.25) is 0 Å². The van der Waals surface area contributed by atoms with Crippen molar-refractivity contribution in [1.82, 2.24) is 15.1 Å². The van der Waals surface area contributed by atoms with Gasteiger partial charge in [0.15, 0.2) is 5.82 Å². The summed E-state index contributed by atoms with van der Waals surface area (Å²) in [5, 5.41) is 5.14. The van der Waals surface area contributed by atoms with E-state index in [1.807, 2.05) is 19.1 Å². The molecule has 5 nitrogen and oxygen atoms in total. The Kier molecular flexibility index (Phi) is 2.78. The maximum atomic E-state index is 5.39. The van der Waals surface area contributed by atoms with Gasteiger partial charge in [0.25, 0.3) is 5.89 Å². The highest BCUT2D eigenvalue weighted by Crippen LogP contribution is 2.29. The highest BCUT2D eigenvalue weighted by Gasteiger charge is 2.23. The van der Waals surface area contributed by atoms with Crippen LogP contribution in [0.1, 0.15) is 23.2 Å². The summed E-state index contributed by atoms with van der Waals surface area (Å²) in [4.78, 5) is 8.95. The molecule has 0 amide bonds. The number of thiazole rings is 1.